The van der Waals surface area contributed by atoms with Crippen LogP contribution in [0, 0.1) is 5.92 Å². The van der Waals surface area contributed by atoms with Gasteiger partial charge in [-0.3, -0.25) is 4.79 Å². The van der Waals surface area contributed by atoms with Gasteiger partial charge in [0.25, 0.3) is 0 Å². The van der Waals surface area contributed by atoms with E-state index < -0.39 is 0 Å². The molecule has 1 unspecified atom stereocenters. The van der Waals surface area contributed by atoms with E-state index in [1.807, 2.05) is 6.08 Å². The highest BCUT2D eigenvalue weighted by molar-refractivity contribution is 5.82. The maximum atomic E-state index is 11.5. The molecule has 0 aromatic carbocycles. The third kappa shape index (κ3) is 4.03. The van der Waals surface area contributed by atoms with E-state index in [0.29, 0.717) is 19.8 Å². The summed E-state index contributed by atoms with van der Waals surface area (Å²) in [6.07, 6.45) is 4.60. The smallest absolute Gasteiger partial charge is 0.163 e. The Bertz CT molecular complexity index is 183. The minimum atomic E-state index is 0.0782. The molecule has 1 atom stereocenters. The Balaban J connectivity index is 2.00. The van der Waals surface area contributed by atoms with Gasteiger partial charge in [0, 0.05) is 19.1 Å². The molecule has 0 aliphatic carbocycles. The van der Waals surface area contributed by atoms with Crippen LogP contribution >= 0.6 is 0 Å². The Labute approximate surface area is 85.1 Å². The van der Waals surface area contributed by atoms with Crippen LogP contribution in [0.3, 0.4) is 0 Å². The van der Waals surface area contributed by atoms with Crippen molar-refractivity contribution in [2.75, 3.05) is 26.4 Å². The minimum Gasteiger partial charge on any atom is -0.381 e. The van der Waals surface area contributed by atoms with Crippen molar-refractivity contribution in [3.8, 4) is 0 Å². The topological polar surface area (TPSA) is 35.5 Å². The number of hydrogen-bond acceptors (Lipinski definition) is 3. The maximum Gasteiger partial charge on any atom is 0.163 e. The van der Waals surface area contributed by atoms with E-state index in [-0.39, 0.29) is 18.3 Å². The standard InChI is InChI=1S/C11H18O3/c1-2-3-4-6-13-9-11(12)10-5-7-14-8-10/h2,10H,1,3-9H2. The molecule has 0 bridgehead atoms. The molecule has 1 aliphatic rings. The average molecular weight is 198 g/mol. The van der Waals surface area contributed by atoms with Gasteiger partial charge in [-0.1, -0.05) is 6.08 Å². The summed E-state index contributed by atoms with van der Waals surface area (Å²) in [5, 5.41) is 0. The number of ketones is 1. The third-order valence-corrected chi connectivity index (χ3v) is 2.33. The molecular weight excluding hydrogens is 180 g/mol. The van der Waals surface area contributed by atoms with Gasteiger partial charge in [0.15, 0.2) is 5.78 Å². The third-order valence-electron chi connectivity index (χ3n) is 2.33. The second-order valence-corrected chi connectivity index (χ2v) is 3.51. The molecule has 1 saturated heterocycles. The van der Waals surface area contributed by atoms with Crippen molar-refractivity contribution < 1.29 is 14.3 Å². The normalized spacial score (nSPS) is 21.0. The number of allylic oxidation sites excluding steroid dienone is 1. The lowest BCUT2D eigenvalue weighted by Crippen LogP contribution is -2.20. The highest BCUT2D eigenvalue weighted by Gasteiger charge is 2.22. The second kappa shape index (κ2) is 6.74. The molecule has 3 nitrogen and oxygen atoms in total. The number of carbonyl (C=O) groups is 1. The summed E-state index contributed by atoms with van der Waals surface area (Å²) in [5.74, 6) is 0.260. The number of hydrogen-bond donors (Lipinski definition) is 0. The van der Waals surface area contributed by atoms with Crippen LogP contribution in [0.1, 0.15) is 19.3 Å². The molecule has 14 heavy (non-hydrogen) atoms. The Kier molecular flexibility index (Phi) is 5.49. The molecule has 0 aromatic rings. The molecule has 3 heteroatoms. The van der Waals surface area contributed by atoms with Gasteiger partial charge in [0.2, 0.25) is 0 Å². The van der Waals surface area contributed by atoms with Gasteiger partial charge < -0.3 is 9.47 Å². The maximum absolute atomic E-state index is 11.5. The molecule has 0 radical (unpaired) electrons. The first kappa shape index (κ1) is 11.4. The van der Waals surface area contributed by atoms with E-state index in [0.717, 1.165) is 19.3 Å². The summed E-state index contributed by atoms with van der Waals surface area (Å²) >= 11 is 0. The molecule has 0 N–H and O–H groups in total. The van der Waals surface area contributed by atoms with Crippen molar-refractivity contribution in [3.63, 3.8) is 0 Å². The number of carbonyl (C=O) groups excluding carboxylic acids is 1. The Morgan fingerprint density at radius 1 is 1.64 bits per heavy atom. The van der Waals surface area contributed by atoms with Gasteiger partial charge >= 0.3 is 0 Å². The fraction of sp³-hybridized carbons (Fsp3) is 0.727. The zero-order valence-electron chi connectivity index (χ0n) is 8.54. The minimum absolute atomic E-state index is 0.0782. The van der Waals surface area contributed by atoms with E-state index in [4.69, 9.17) is 9.47 Å². The number of Topliss-reactive ketones (excluding diaryl/α,β-unsaturated/α-hetero) is 1. The van der Waals surface area contributed by atoms with Crippen LogP contribution in [0.25, 0.3) is 0 Å². The highest BCUT2D eigenvalue weighted by atomic mass is 16.5. The number of ether oxygens (including phenoxy) is 2. The van der Waals surface area contributed by atoms with Crippen molar-refractivity contribution in [2.24, 2.45) is 5.92 Å². The molecule has 0 aromatic heterocycles. The van der Waals surface area contributed by atoms with E-state index >= 15 is 0 Å². The van der Waals surface area contributed by atoms with Gasteiger partial charge in [0.1, 0.15) is 6.61 Å². The lowest BCUT2D eigenvalue weighted by Gasteiger charge is -2.06. The fourth-order valence-corrected chi connectivity index (χ4v) is 1.41. The van der Waals surface area contributed by atoms with E-state index in [1.54, 1.807) is 0 Å². The molecule has 1 fully saturated rings. The monoisotopic (exact) mass is 198 g/mol. The molecule has 0 amide bonds. The molecule has 0 saturated carbocycles. The molecule has 80 valence electrons. The summed E-state index contributed by atoms with van der Waals surface area (Å²) in [5.41, 5.74) is 0. The molecule has 0 spiro atoms. The molecule has 1 rings (SSSR count). The largest absolute Gasteiger partial charge is 0.381 e. The van der Waals surface area contributed by atoms with Crippen LogP contribution in [0.15, 0.2) is 12.7 Å². The van der Waals surface area contributed by atoms with E-state index in [2.05, 4.69) is 6.58 Å². The van der Waals surface area contributed by atoms with Crippen LogP contribution in [-0.2, 0) is 14.3 Å². The van der Waals surface area contributed by atoms with Crippen LogP contribution in [0.5, 0.6) is 0 Å². The quantitative estimate of drug-likeness (QED) is 0.460. The van der Waals surface area contributed by atoms with Gasteiger partial charge in [-0.15, -0.1) is 6.58 Å². The van der Waals surface area contributed by atoms with E-state index in [1.165, 1.54) is 0 Å². The first-order valence-corrected chi connectivity index (χ1v) is 5.13. The van der Waals surface area contributed by atoms with Crippen molar-refractivity contribution >= 4 is 5.78 Å². The summed E-state index contributed by atoms with van der Waals surface area (Å²) in [7, 11) is 0. The molecule has 1 aliphatic heterocycles. The SMILES string of the molecule is C=CCCCOCC(=O)C1CCOC1. The van der Waals surface area contributed by atoms with Gasteiger partial charge in [-0.25, -0.2) is 0 Å². The predicted octanol–water partition coefficient (Wildman–Crippen LogP) is 1.57. The molecular formula is C11H18O3. The Morgan fingerprint density at radius 2 is 2.50 bits per heavy atom. The fourth-order valence-electron chi connectivity index (χ4n) is 1.41. The van der Waals surface area contributed by atoms with Crippen molar-refractivity contribution in [1.29, 1.82) is 0 Å². The Morgan fingerprint density at radius 3 is 3.14 bits per heavy atom. The summed E-state index contributed by atoms with van der Waals surface area (Å²) < 4.78 is 10.4. The van der Waals surface area contributed by atoms with Gasteiger partial charge in [-0.05, 0) is 19.3 Å². The zero-order valence-corrected chi connectivity index (χ0v) is 8.54. The van der Waals surface area contributed by atoms with Gasteiger partial charge in [-0.2, -0.15) is 0 Å². The summed E-state index contributed by atoms with van der Waals surface area (Å²) in [4.78, 5) is 11.5. The van der Waals surface area contributed by atoms with Crippen LogP contribution in [-0.4, -0.2) is 32.2 Å². The molecule has 1 heterocycles. The second-order valence-electron chi connectivity index (χ2n) is 3.51. The van der Waals surface area contributed by atoms with Gasteiger partial charge in [0.05, 0.1) is 6.61 Å². The summed E-state index contributed by atoms with van der Waals surface area (Å²) in [6.45, 7) is 5.80. The van der Waals surface area contributed by atoms with Crippen molar-refractivity contribution in [2.45, 2.75) is 19.3 Å². The Hall–Kier alpha value is -0.670. The lowest BCUT2D eigenvalue weighted by molar-refractivity contribution is -0.127. The van der Waals surface area contributed by atoms with E-state index in [9.17, 15) is 4.79 Å². The summed E-state index contributed by atoms with van der Waals surface area (Å²) in [6, 6.07) is 0. The lowest BCUT2D eigenvalue weighted by atomic mass is 10.0. The predicted molar refractivity (Wildman–Crippen MR) is 54.2 cm³/mol. The van der Waals surface area contributed by atoms with Crippen LogP contribution in [0.2, 0.25) is 0 Å². The van der Waals surface area contributed by atoms with Crippen molar-refractivity contribution in [3.05, 3.63) is 12.7 Å². The highest BCUT2D eigenvalue weighted by Crippen LogP contribution is 2.13. The van der Waals surface area contributed by atoms with Crippen LogP contribution in [0.4, 0.5) is 0 Å². The van der Waals surface area contributed by atoms with Crippen molar-refractivity contribution in [1.82, 2.24) is 0 Å². The zero-order chi connectivity index (χ0) is 10.2. The average Bonchev–Trinajstić information content (AvgIpc) is 2.70. The number of unbranched alkanes of at least 4 members (excludes halogenated alkanes) is 1. The number of rotatable bonds is 7. The van der Waals surface area contributed by atoms with Crippen LogP contribution < -0.4 is 0 Å². The first-order chi connectivity index (χ1) is 6.84. The first-order valence-electron chi connectivity index (χ1n) is 5.13.